The molecular weight excluding hydrogens is 570 g/mol. The first-order valence-corrected chi connectivity index (χ1v) is 15.4. The minimum atomic E-state index is -0.507. The SMILES string of the molecule is CCc1nn(C(C)c2oc(=O)c3ccccc3c2-c2ccc(CN3CCN(C(=O)OC(C)(C)C)CC3)cc2)c2ncnc(N)c12. The summed E-state index contributed by atoms with van der Waals surface area (Å²) in [5.74, 6) is 0.867. The van der Waals surface area contributed by atoms with Gasteiger partial charge in [0.25, 0.3) is 0 Å². The van der Waals surface area contributed by atoms with E-state index in [2.05, 4.69) is 39.1 Å². The summed E-state index contributed by atoms with van der Waals surface area (Å²) in [5.41, 5.74) is 9.61. The van der Waals surface area contributed by atoms with Gasteiger partial charge in [0.05, 0.1) is 16.5 Å². The Morgan fingerprint density at radius 3 is 2.38 bits per heavy atom. The van der Waals surface area contributed by atoms with Crippen LogP contribution in [0.25, 0.3) is 32.9 Å². The largest absolute Gasteiger partial charge is 0.444 e. The predicted molar refractivity (Wildman–Crippen MR) is 174 cm³/mol. The molecule has 6 rings (SSSR count). The van der Waals surface area contributed by atoms with Gasteiger partial charge in [-0.1, -0.05) is 49.4 Å². The molecule has 1 aliphatic heterocycles. The second-order valence-electron chi connectivity index (χ2n) is 12.5. The Labute approximate surface area is 261 Å². The number of ether oxygens (including phenoxy) is 1. The average molecular weight is 610 g/mol. The number of hydrogen-bond acceptors (Lipinski definition) is 9. The van der Waals surface area contributed by atoms with E-state index in [4.69, 9.17) is 20.0 Å². The van der Waals surface area contributed by atoms with E-state index in [9.17, 15) is 9.59 Å². The fourth-order valence-corrected chi connectivity index (χ4v) is 5.96. The average Bonchev–Trinajstić information content (AvgIpc) is 3.41. The van der Waals surface area contributed by atoms with Crippen LogP contribution < -0.4 is 11.4 Å². The molecule has 1 unspecified atom stereocenters. The Hall–Kier alpha value is -4.77. The molecule has 0 bridgehead atoms. The summed E-state index contributed by atoms with van der Waals surface area (Å²) in [5, 5.41) is 6.88. The number of aromatic nitrogens is 4. The van der Waals surface area contributed by atoms with Crippen LogP contribution in [-0.4, -0.2) is 67.4 Å². The van der Waals surface area contributed by atoms with Gasteiger partial charge in [0.15, 0.2) is 5.65 Å². The summed E-state index contributed by atoms with van der Waals surface area (Å²) in [6.07, 6.45) is 1.82. The highest BCUT2D eigenvalue weighted by molar-refractivity contribution is 5.97. The van der Waals surface area contributed by atoms with Crippen LogP contribution in [0, 0.1) is 0 Å². The van der Waals surface area contributed by atoms with Gasteiger partial charge in [0.2, 0.25) is 0 Å². The standard InChI is InChI=1S/C34H39N7O4/c1-6-26-28-30(35)36-20-37-31(28)41(38-26)21(2)29-27(24-9-7-8-10-25(24)32(42)44-29)23-13-11-22(12-14-23)19-39-15-17-40(18-16-39)33(43)45-34(3,4)5/h7-14,20-21H,6,15-19H2,1-5H3,(H2,35,36,37). The highest BCUT2D eigenvalue weighted by Gasteiger charge is 2.27. The molecule has 3 aromatic heterocycles. The van der Waals surface area contributed by atoms with Gasteiger partial charge in [0.1, 0.15) is 29.5 Å². The zero-order valence-electron chi connectivity index (χ0n) is 26.4. The van der Waals surface area contributed by atoms with E-state index in [1.807, 2.05) is 52.8 Å². The number of amides is 1. The molecule has 1 atom stereocenters. The first-order chi connectivity index (χ1) is 21.5. The van der Waals surface area contributed by atoms with Crippen molar-refractivity contribution in [2.75, 3.05) is 31.9 Å². The zero-order chi connectivity index (χ0) is 31.9. The lowest BCUT2D eigenvalue weighted by Gasteiger charge is -2.35. The number of nitrogens with two attached hydrogens (primary N) is 1. The summed E-state index contributed by atoms with van der Waals surface area (Å²) in [7, 11) is 0. The minimum Gasteiger partial charge on any atom is -0.444 e. The normalized spacial score (nSPS) is 15.1. The summed E-state index contributed by atoms with van der Waals surface area (Å²) in [4.78, 5) is 38.5. The van der Waals surface area contributed by atoms with Crippen molar-refractivity contribution in [1.82, 2.24) is 29.5 Å². The number of fused-ring (bicyclic) bond motifs is 2. The molecule has 45 heavy (non-hydrogen) atoms. The quantitative estimate of drug-likeness (QED) is 0.268. The maximum absolute atomic E-state index is 13.2. The molecule has 1 amide bonds. The molecule has 0 saturated carbocycles. The number of carbonyl (C=O) groups excluding carboxylic acids is 1. The second kappa shape index (κ2) is 12.0. The van der Waals surface area contributed by atoms with Crippen LogP contribution in [0.5, 0.6) is 0 Å². The number of aryl methyl sites for hydroxylation is 1. The molecule has 5 aromatic rings. The summed E-state index contributed by atoms with van der Waals surface area (Å²) in [6.45, 7) is 13.2. The zero-order valence-corrected chi connectivity index (χ0v) is 26.4. The Kier molecular flexibility index (Phi) is 8.05. The molecule has 0 aliphatic carbocycles. The Balaban J connectivity index is 1.31. The van der Waals surface area contributed by atoms with Gasteiger partial charge in [-0.15, -0.1) is 0 Å². The van der Waals surface area contributed by atoms with Gasteiger partial charge in [-0.05, 0) is 51.3 Å². The lowest BCUT2D eigenvalue weighted by molar-refractivity contribution is 0.0139. The van der Waals surface area contributed by atoms with Crippen molar-refractivity contribution < 1.29 is 13.9 Å². The van der Waals surface area contributed by atoms with Crippen LogP contribution in [0.3, 0.4) is 0 Å². The lowest BCUT2D eigenvalue weighted by Crippen LogP contribution is -2.49. The second-order valence-corrected chi connectivity index (χ2v) is 12.5. The van der Waals surface area contributed by atoms with E-state index in [0.29, 0.717) is 47.5 Å². The topological polar surface area (TPSA) is 133 Å². The van der Waals surface area contributed by atoms with E-state index in [1.165, 1.54) is 6.33 Å². The van der Waals surface area contributed by atoms with Gasteiger partial charge >= 0.3 is 11.7 Å². The molecule has 11 heteroatoms. The number of nitrogen functional groups attached to an aromatic ring is 1. The molecule has 4 heterocycles. The predicted octanol–water partition coefficient (Wildman–Crippen LogP) is 5.41. The highest BCUT2D eigenvalue weighted by atomic mass is 16.6. The molecule has 1 saturated heterocycles. The Bertz CT molecular complexity index is 1920. The molecule has 1 fully saturated rings. The summed E-state index contributed by atoms with van der Waals surface area (Å²) >= 11 is 0. The first kappa shape index (κ1) is 30.3. The van der Waals surface area contributed by atoms with Crippen LogP contribution in [0.2, 0.25) is 0 Å². The number of carbonyl (C=O) groups is 1. The van der Waals surface area contributed by atoms with Crippen molar-refractivity contribution >= 4 is 33.7 Å². The van der Waals surface area contributed by atoms with E-state index < -0.39 is 17.3 Å². The lowest BCUT2D eigenvalue weighted by atomic mass is 9.95. The van der Waals surface area contributed by atoms with E-state index >= 15 is 0 Å². The number of hydrogen-bond donors (Lipinski definition) is 1. The third kappa shape index (κ3) is 6.00. The van der Waals surface area contributed by atoms with Crippen molar-refractivity contribution in [2.45, 2.75) is 59.2 Å². The molecule has 234 valence electrons. The highest BCUT2D eigenvalue weighted by Crippen LogP contribution is 2.37. The van der Waals surface area contributed by atoms with Gasteiger partial charge < -0.3 is 19.8 Å². The van der Waals surface area contributed by atoms with Crippen molar-refractivity contribution in [1.29, 1.82) is 0 Å². The number of benzene rings is 2. The van der Waals surface area contributed by atoms with E-state index in [-0.39, 0.29) is 6.09 Å². The van der Waals surface area contributed by atoms with Crippen LogP contribution in [-0.2, 0) is 17.7 Å². The fraction of sp³-hybridized carbons (Fsp3) is 0.382. The third-order valence-corrected chi connectivity index (χ3v) is 8.21. The van der Waals surface area contributed by atoms with Crippen LogP contribution in [0.15, 0.2) is 64.1 Å². The third-order valence-electron chi connectivity index (χ3n) is 8.21. The number of anilines is 1. The van der Waals surface area contributed by atoms with Gasteiger partial charge in [-0.3, -0.25) is 4.90 Å². The molecular formula is C34H39N7O4. The molecule has 0 spiro atoms. The van der Waals surface area contributed by atoms with Gasteiger partial charge in [-0.2, -0.15) is 5.10 Å². The fourth-order valence-electron chi connectivity index (χ4n) is 5.96. The molecule has 2 aromatic carbocycles. The van der Waals surface area contributed by atoms with E-state index in [0.717, 1.165) is 47.4 Å². The molecule has 2 N–H and O–H groups in total. The number of nitrogens with zero attached hydrogens (tertiary/aromatic N) is 6. The summed E-state index contributed by atoms with van der Waals surface area (Å²) in [6, 6.07) is 15.4. The minimum absolute atomic E-state index is 0.261. The van der Waals surface area contributed by atoms with Crippen LogP contribution in [0.1, 0.15) is 57.7 Å². The molecule has 1 aliphatic rings. The monoisotopic (exact) mass is 609 g/mol. The van der Waals surface area contributed by atoms with E-state index in [1.54, 1.807) is 15.6 Å². The van der Waals surface area contributed by atoms with Gasteiger partial charge in [-0.25, -0.2) is 24.2 Å². The van der Waals surface area contributed by atoms with Crippen molar-refractivity contribution in [3.8, 4) is 11.1 Å². The van der Waals surface area contributed by atoms with Crippen molar-refractivity contribution in [2.24, 2.45) is 0 Å². The first-order valence-electron chi connectivity index (χ1n) is 15.4. The Morgan fingerprint density at radius 1 is 1.02 bits per heavy atom. The number of rotatable bonds is 6. The van der Waals surface area contributed by atoms with Gasteiger partial charge in [0, 0.05) is 43.7 Å². The molecule has 0 radical (unpaired) electrons. The smallest absolute Gasteiger partial charge is 0.410 e. The number of piperazine rings is 1. The molecule has 11 nitrogen and oxygen atoms in total. The van der Waals surface area contributed by atoms with Crippen molar-refractivity contribution in [3.63, 3.8) is 0 Å². The summed E-state index contributed by atoms with van der Waals surface area (Å²) < 4.78 is 13.4. The van der Waals surface area contributed by atoms with Crippen LogP contribution in [0.4, 0.5) is 10.6 Å². The maximum Gasteiger partial charge on any atom is 0.410 e. The van der Waals surface area contributed by atoms with Crippen LogP contribution >= 0.6 is 0 Å². The maximum atomic E-state index is 13.2. The Morgan fingerprint density at radius 2 is 1.71 bits per heavy atom. The van der Waals surface area contributed by atoms with Crippen molar-refractivity contribution in [3.05, 3.63) is 82.3 Å².